The Bertz CT molecular complexity index is 315. The molecule has 0 aromatic carbocycles. The minimum absolute atomic E-state index is 0.0903. The lowest BCUT2D eigenvalue weighted by Crippen LogP contribution is -2.50. The molecule has 116 valence electrons. The van der Waals surface area contributed by atoms with Gasteiger partial charge in [-0.2, -0.15) is 0 Å². The predicted molar refractivity (Wildman–Crippen MR) is 83.4 cm³/mol. The van der Waals surface area contributed by atoms with Crippen LogP contribution in [0.1, 0.15) is 78.1 Å². The van der Waals surface area contributed by atoms with E-state index in [0.29, 0.717) is 18.0 Å². The normalized spacial score (nSPS) is 29.9. The molecule has 0 unspecified atom stereocenters. The Morgan fingerprint density at radius 1 is 1.15 bits per heavy atom. The fourth-order valence-electron chi connectivity index (χ4n) is 4.00. The number of hydrogen-bond donors (Lipinski definition) is 1. The topological polar surface area (TPSA) is 46.3 Å². The highest BCUT2D eigenvalue weighted by Crippen LogP contribution is 2.39. The molecule has 0 aliphatic heterocycles. The van der Waals surface area contributed by atoms with E-state index in [9.17, 15) is 4.79 Å². The lowest BCUT2D eigenvalue weighted by molar-refractivity contribution is -0.146. The maximum atomic E-state index is 13.1. The summed E-state index contributed by atoms with van der Waals surface area (Å²) < 4.78 is 0. The SMILES string of the molecule is CCCN(C(=O)C1(C)CCCCC1)C1CCC(N)CC1. The highest BCUT2D eigenvalue weighted by Gasteiger charge is 2.39. The monoisotopic (exact) mass is 280 g/mol. The van der Waals surface area contributed by atoms with Crippen LogP contribution in [0.15, 0.2) is 0 Å². The summed E-state index contributed by atoms with van der Waals surface area (Å²) in [5.74, 6) is 0.430. The molecule has 0 bridgehead atoms. The minimum atomic E-state index is -0.0903. The lowest BCUT2D eigenvalue weighted by atomic mass is 9.74. The maximum Gasteiger partial charge on any atom is 0.228 e. The van der Waals surface area contributed by atoms with Crippen LogP contribution in [0.3, 0.4) is 0 Å². The molecule has 3 nitrogen and oxygen atoms in total. The molecule has 1 amide bonds. The molecule has 0 saturated heterocycles. The van der Waals surface area contributed by atoms with Crippen molar-refractivity contribution in [3.05, 3.63) is 0 Å². The number of amides is 1. The molecule has 2 rings (SSSR count). The molecule has 2 saturated carbocycles. The van der Waals surface area contributed by atoms with Crippen molar-refractivity contribution in [3.63, 3.8) is 0 Å². The van der Waals surface area contributed by atoms with Crippen molar-refractivity contribution in [2.24, 2.45) is 11.1 Å². The summed E-state index contributed by atoms with van der Waals surface area (Å²) in [6, 6.07) is 0.802. The van der Waals surface area contributed by atoms with Gasteiger partial charge in [0.15, 0.2) is 0 Å². The molecule has 3 heteroatoms. The second-order valence-electron chi connectivity index (χ2n) is 7.19. The van der Waals surface area contributed by atoms with Gasteiger partial charge >= 0.3 is 0 Å². The first kappa shape index (κ1) is 15.8. The van der Waals surface area contributed by atoms with Gasteiger partial charge in [-0.25, -0.2) is 0 Å². The van der Waals surface area contributed by atoms with Gasteiger partial charge in [0.25, 0.3) is 0 Å². The summed E-state index contributed by atoms with van der Waals surface area (Å²) in [6.07, 6.45) is 11.3. The Hall–Kier alpha value is -0.570. The summed E-state index contributed by atoms with van der Waals surface area (Å²) in [4.78, 5) is 15.3. The van der Waals surface area contributed by atoms with Gasteiger partial charge in [-0.15, -0.1) is 0 Å². The molecule has 0 spiro atoms. The van der Waals surface area contributed by atoms with E-state index in [1.165, 1.54) is 19.3 Å². The molecule has 20 heavy (non-hydrogen) atoms. The number of hydrogen-bond acceptors (Lipinski definition) is 2. The zero-order chi connectivity index (χ0) is 14.6. The van der Waals surface area contributed by atoms with Gasteiger partial charge in [0, 0.05) is 24.0 Å². The van der Waals surface area contributed by atoms with Gasteiger partial charge in [0.05, 0.1) is 0 Å². The van der Waals surface area contributed by atoms with Crippen molar-refractivity contribution in [3.8, 4) is 0 Å². The van der Waals surface area contributed by atoms with E-state index in [2.05, 4.69) is 18.7 Å². The van der Waals surface area contributed by atoms with Crippen LogP contribution in [0.25, 0.3) is 0 Å². The second-order valence-corrected chi connectivity index (χ2v) is 7.19. The maximum absolute atomic E-state index is 13.1. The third-order valence-corrected chi connectivity index (χ3v) is 5.38. The molecular weight excluding hydrogens is 248 g/mol. The van der Waals surface area contributed by atoms with E-state index in [1.807, 2.05) is 0 Å². The van der Waals surface area contributed by atoms with Gasteiger partial charge in [-0.3, -0.25) is 4.79 Å². The Kier molecular flexibility index (Phi) is 5.48. The van der Waals surface area contributed by atoms with Gasteiger partial charge in [-0.1, -0.05) is 33.1 Å². The van der Waals surface area contributed by atoms with Crippen molar-refractivity contribution in [1.29, 1.82) is 0 Å². The zero-order valence-corrected chi connectivity index (χ0v) is 13.4. The second kappa shape index (κ2) is 6.93. The Labute approximate surface area is 124 Å². The van der Waals surface area contributed by atoms with Crippen LogP contribution in [-0.2, 0) is 4.79 Å². The Morgan fingerprint density at radius 2 is 1.75 bits per heavy atom. The van der Waals surface area contributed by atoms with Crippen LogP contribution in [0.4, 0.5) is 0 Å². The third kappa shape index (κ3) is 3.55. The quantitative estimate of drug-likeness (QED) is 0.857. The van der Waals surface area contributed by atoms with E-state index < -0.39 is 0 Å². The summed E-state index contributed by atoms with van der Waals surface area (Å²) in [5.41, 5.74) is 5.92. The minimum Gasteiger partial charge on any atom is -0.339 e. The molecule has 0 heterocycles. The highest BCUT2D eigenvalue weighted by atomic mass is 16.2. The Balaban J connectivity index is 2.05. The fourth-order valence-corrected chi connectivity index (χ4v) is 4.00. The average Bonchev–Trinajstić information content (AvgIpc) is 2.46. The highest BCUT2D eigenvalue weighted by molar-refractivity contribution is 5.82. The molecule has 0 aromatic rings. The van der Waals surface area contributed by atoms with E-state index >= 15 is 0 Å². The smallest absolute Gasteiger partial charge is 0.228 e. The largest absolute Gasteiger partial charge is 0.339 e. The van der Waals surface area contributed by atoms with Crippen LogP contribution < -0.4 is 5.73 Å². The Morgan fingerprint density at radius 3 is 2.30 bits per heavy atom. The standard InChI is InChI=1S/C17H32N2O/c1-3-13-19(15-9-7-14(18)8-10-15)16(20)17(2)11-5-4-6-12-17/h14-15H,3-13,18H2,1-2H3. The fraction of sp³-hybridized carbons (Fsp3) is 0.941. The average molecular weight is 280 g/mol. The van der Waals surface area contributed by atoms with Crippen LogP contribution in [-0.4, -0.2) is 29.4 Å². The first-order valence-corrected chi connectivity index (χ1v) is 8.63. The molecule has 0 aromatic heterocycles. The van der Waals surface area contributed by atoms with E-state index in [-0.39, 0.29) is 5.41 Å². The molecule has 0 radical (unpaired) electrons. The number of carbonyl (C=O) groups excluding carboxylic acids is 1. The predicted octanol–water partition coefficient (Wildman–Crippen LogP) is 3.47. The number of carbonyl (C=O) groups is 1. The van der Waals surface area contributed by atoms with E-state index in [1.54, 1.807) is 0 Å². The lowest BCUT2D eigenvalue weighted by Gasteiger charge is -2.42. The van der Waals surface area contributed by atoms with Crippen LogP contribution in [0, 0.1) is 5.41 Å². The van der Waals surface area contributed by atoms with Crippen molar-refractivity contribution in [2.45, 2.75) is 90.1 Å². The first-order valence-electron chi connectivity index (χ1n) is 8.63. The van der Waals surface area contributed by atoms with Crippen molar-refractivity contribution >= 4 is 5.91 Å². The van der Waals surface area contributed by atoms with Crippen molar-refractivity contribution in [2.75, 3.05) is 6.54 Å². The number of nitrogens with zero attached hydrogens (tertiary/aromatic N) is 1. The molecule has 2 aliphatic carbocycles. The van der Waals surface area contributed by atoms with Crippen LogP contribution >= 0.6 is 0 Å². The summed E-state index contributed by atoms with van der Waals surface area (Å²) in [5, 5.41) is 0. The van der Waals surface area contributed by atoms with Gasteiger partial charge < -0.3 is 10.6 Å². The third-order valence-electron chi connectivity index (χ3n) is 5.38. The van der Waals surface area contributed by atoms with Crippen molar-refractivity contribution < 1.29 is 4.79 Å². The summed E-state index contributed by atoms with van der Waals surface area (Å²) >= 11 is 0. The summed E-state index contributed by atoms with van der Waals surface area (Å²) in [6.45, 7) is 5.30. The van der Waals surface area contributed by atoms with Gasteiger partial charge in [0.2, 0.25) is 5.91 Å². The molecular formula is C17H32N2O. The van der Waals surface area contributed by atoms with E-state index in [0.717, 1.165) is 51.5 Å². The van der Waals surface area contributed by atoms with Crippen molar-refractivity contribution in [1.82, 2.24) is 4.90 Å². The molecule has 2 aliphatic rings. The molecule has 2 fully saturated rings. The van der Waals surface area contributed by atoms with Gasteiger partial charge in [0.1, 0.15) is 0 Å². The van der Waals surface area contributed by atoms with Gasteiger partial charge in [-0.05, 0) is 44.9 Å². The zero-order valence-electron chi connectivity index (χ0n) is 13.4. The summed E-state index contributed by atoms with van der Waals surface area (Å²) in [7, 11) is 0. The van der Waals surface area contributed by atoms with Crippen LogP contribution in [0.5, 0.6) is 0 Å². The molecule has 2 N–H and O–H groups in total. The number of nitrogens with two attached hydrogens (primary N) is 1. The van der Waals surface area contributed by atoms with E-state index in [4.69, 9.17) is 5.73 Å². The van der Waals surface area contributed by atoms with Crippen LogP contribution in [0.2, 0.25) is 0 Å². The molecule has 0 atom stereocenters. The number of rotatable bonds is 4. The first-order chi connectivity index (χ1) is 9.57.